The molecule has 70 heavy (non-hydrogen) atoms. The fourth-order valence-electron chi connectivity index (χ4n) is 11.8. The number of fused-ring (bicyclic) bond motifs is 2. The van der Waals surface area contributed by atoms with E-state index in [4.69, 9.17) is 9.47 Å². The van der Waals surface area contributed by atoms with Crippen molar-refractivity contribution in [3.8, 4) is 44.9 Å². The number of esters is 2. The van der Waals surface area contributed by atoms with Crippen LogP contribution in [0.2, 0.25) is 0 Å². The summed E-state index contributed by atoms with van der Waals surface area (Å²) in [5, 5.41) is 1.89. The molecule has 0 unspecified atom stereocenters. The third kappa shape index (κ3) is 10.6. The largest absolute Gasteiger partial charge is 0.422 e. The molecule has 0 atom stereocenters. The topological polar surface area (TPSA) is 52.6 Å². The van der Waals surface area contributed by atoms with Crippen molar-refractivity contribution in [1.82, 2.24) is 0 Å². The first-order chi connectivity index (χ1) is 34.4. The molecule has 0 radical (unpaired) electrons. The van der Waals surface area contributed by atoms with Gasteiger partial charge >= 0.3 is 11.9 Å². The molecule has 0 saturated heterocycles. The Labute approximate surface area is 416 Å². The van der Waals surface area contributed by atoms with Gasteiger partial charge in [-0.3, -0.25) is 0 Å². The van der Waals surface area contributed by atoms with Crippen LogP contribution in [0.3, 0.4) is 0 Å². The van der Waals surface area contributed by atoms with Gasteiger partial charge in [-0.25, -0.2) is 9.59 Å². The van der Waals surface area contributed by atoms with Crippen LogP contribution in [0.4, 0.5) is 0 Å². The smallest absolute Gasteiger partial charge is 0.343 e. The summed E-state index contributed by atoms with van der Waals surface area (Å²) in [6, 6.07) is 49.4. The number of aryl methyl sites for hydroxylation is 1. The number of rotatable bonds is 15. The first-order valence-corrected chi connectivity index (χ1v) is 26.6. The normalized spacial score (nSPS) is 18.8. The minimum absolute atomic E-state index is 0.405. The summed E-state index contributed by atoms with van der Waals surface area (Å²) < 4.78 is 12.8. The lowest BCUT2D eigenvalue weighted by Crippen LogP contribution is -2.13. The molecule has 0 spiro atoms. The van der Waals surface area contributed by atoms with Crippen LogP contribution in [-0.4, -0.2) is 11.9 Å². The number of hydrogen-bond acceptors (Lipinski definition) is 4. The second-order valence-corrected chi connectivity index (χ2v) is 20.5. The van der Waals surface area contributed by atoms with E-state index in [0.717, 1.165) is 74.4 Å². The van der Waals surface area contributed by atoms with Gasteiger partial charge in [0.25, 0.3) is 0 Å². The molecule has 10 rings (SSSR count). The summed E-state index contributed by atoms with van der Waals surface area (Å²) in [7, 11) is 0. The van der Waals surface area contributed by atoms with Gasteiger partial charge in [0.15, 0.2) is 0 Å². The van der Waals surface area contributed by atoms with Crippen molar-refractivity contribution >= 4 is 28.8 Å². The molecule has 7 aromatic rings. The van der Waals surface area contributed by atoms with E-state index in [1.807, 2.05) is 84.9 Å². The van der Waals surface area contributed by atoms with E-state index in [9.17, 15) is 9.59 Å². The Hall–Kier alpha value is -6.52. The summed E-state index contributed by atoms with van der Waals surface area (Å²) in [5.41, 5.74) is 11.7. The molecule has 0 heterocycles. The lowest BCUT2D eigenvalue weighted by molar-refractivity contribution is 0.0723. The standard InChI is InChI=1S/C66H68O4/c1-3-5-11-45-17-21-47(22-18-45)49-25-29-51(30-26-49)53-33-37-57(38-34-53)65(67)69-61-43-41-55-13-7-9-15-59(55)63(61)64-60-16-10-8-14-56(60)42-44-62(64)70-66(68)58-39-35-54(36-40-58)52-31-27-50(28-32-52)48-23-19-46(20-24-48)12-6-4-2/h7,9-10,13,15-16,25-48H,3-6,8,11-12,14,17-24H2,1-2H3. The zero-order valence-corrected chi connectivity index (χ0v) is 41.3. The first-order valence-electron chi connectivity index (χ1n) is 26.6. The molecule has 0 bridgehead atoms. The third-order valence-electron chi connectivity index (χ3n) is 16.0. The summed E-state index contributed by atoms with van der Waals surface area (Å²) in [6.07, 6.45) is 24.6. The quantitative estimate of drug-likeness (QED) is 0.0759. The fourth-order valence-corrected chi connectivity index (χ4v) is 11.8. The van der Waals surface area contributed by atoms with Crippen LogP contribution >= 0.6 is 0 Å². The lowest BCUT2D eigenvalue weighted by Gasteiger charge is -2.29. The van der Waals surface area contributed by atoms with E-state index >= 15 is 0 Å². The van der Waals surface area contributed by atoms with Gasteiger partial charge in [-0.05, 0) is 180 Å². The van der Waals surface area contributed by atoms with Crippen LogP contribution in [0.25, 0.3) is 50.2 Å². The maximum absolute atomic E-state index is 14.2. The number of ether oxygens (including phenoxy) is 2. The van der Waals surface area contributed by atoms with E-state index in [2.05, 4.69) is 86.7 Å². The minimum atomic E-state index is -0.452. The number of benzene rings is 7. The highest BCUT2D eigenvalue weighted by atomic mass is 16.5. The second kappa shape index (κ2) is 22.1. The molecule has 3 aliphatic carbocycles. The second-order valence-electron chi connectivity index (χ2n) is 20.5. The van der Waals surface area contributed by atoms with E-state index in [1.165, 1.54) is 101 Å². The average molecular weight is 925 g/mol. The molecule has 0 amide bonds. The Morgan fingerprint density at radius 3 is 1.44 bits per heavy atom. The van der Waals surface area contributed by atoms with Gasteiger partial charge < -0.3 is 9.47 Å². The molecule has 2 saturated carbocycles. The number of unbranched alkanes of at least 4 members (excludes halogenated alkanes) is 2. The monoisotopic (exact) mass is 925 g/mol. The van der Waals surface area contributed by atoms with Crippen LogP contribution in [0.1, 0.15) is 165 Å². The number of allylic oxidation sites excluding steroid dienone is 1. The highest BCUT2D eigenvalue weighted by Crippen LogP contribution is 2.47. The molecular formula is C66H68O4. The van der Waals surface area contributed by atoms with E-state index in [-0.39, 0.29) is 0 Å². The SMILES string of the molecule is CCCCC1CCC(c2ccc(-c3ccc(C(=O)Oc4ccc5c(c4-c4c(OC(=O)c6ccc(-c7ccc(C8CCC(CCCC)CC8)cc7)cc6)ccc6ccccc46)C=CCC5)cc3)cc2)CC1. The first kappa shape index (κ1) is 47.2. The van der Waals surface area contributed by atoms with Crippen molar-refractivity contribution in [1.29, 1.82) is 0 Å². The molecular weight excluding hydrogens is 857 g/mol. The highest BCUT2D eigenvalue weighted by Gasteiger charge is 2.27. The molecule has 4 heteroatoms. The molecule has 0 aliphatic heterocycles. The van der Waals surface area contributed by atoms with Crippen LogP contribution in [-0.2, 0) is 6.42 Å². The van der Waals surface area contributed by atoms with Crippen molar-refractivity contribution in [3.63, 3.8) is 0 Å². The predicted molar refractivity (Wildman–Crippen MR) is 289 cm³/mol. The van der Waals surface area contributed by atoms with Crippen LogP contribution in [0, 0.1) is 11.8 Å². The summed E-state index contributed by atoms with van der Waals surface area (Å²) >= 11 is 0. The summed E-state index contributed by atoms with van der Waals surface area (Å²) in [5.74, 6) is 3.00. The number of carbonyl (C=O) groups excluding carboxylic acids is 2. The van der Waals surface area contributed by atoms with Crippen LogP contribution < -0.4 is 9.47 Å². The van der Waals surface area contributed by atoms with Crippen LogP contribution in [0.15, 0.2) is 152 Å². The Kier molecular flexibility index (Phi) is 14.9. The van der Waals surface area contributed by atoms with Gasteiger partial charge in [-0.15, -0.1) is 0 Å². The molecule has 7 aromatic carbocycles. The Morgan fingerprint density at radius 1 is 0.486 bits per heavy atom. The Balaban J connectivity index is 0.867. The third-order valence-corrected chi connectivity index (χ3v) is 16.0. The molecule has 356 valence electrons. The maximum Gasteiger partial charge on any atom is 0.343 e. The fraction of sp³-hybridized carbons (Fsp3) is 0.333. The highest BCUT2D eigenvalue weighted by molar-refractivity contribution is 6.06. The lowest BCUT2D eigenvalue weighted by atomic mass is 9.77. The Bertz CT molecular complexity index is 2930. The summed E-state index contributed by atoms with van der Waals surface area (Å²) in [4.78, 5) is 28.3. The summed E-state index contributed by atoms with van der Waals surface area (Å²) in [6.45, 7) is 4.58. The zero-order chi connectivity index (χ0) is 47.8. The van der Waals surface area contributed by atoms with Crippen molar-refractivity contribution in [3.05, 3.63) is 185 Å². The van der Waals surface area contributed by atoms with Crippen molar-refractivity contribution in [2.75, 3.05) is 0 Å². The van der Waals surface area contributed by atoms with Crippen LogP contribution in [0.5, 0.6) is 11.5 Å². The van der Waals surface area contributed by atoms with E-state index in [1.54, 1.807) is 0 Å². The van der Waals surface area contributed by atoms with Gasteiger partial charge in [-0.1, -0.05) is 174 Å². The zero-order valence-electron chi connectivity index (χ0n) is 41.3. The molecule has 2 fully saturated rings. The molecule has 0 N–H and O–H groups in total. The Morgan fingerprint density at radius 2 is 0.943 bits per heavy atom. The molecule has 4 nitrogen and oxygen atoms in total. The maximum atomic E-state index is 14.2. The molecule has 0 aromatic heterocycles. The van der Waals surface area contributed by atoms with Gasteiger partial charge in [0.1, 0.15) is 11.5 Å². The number of hydrogen-bond donors (Lipinski definition) is 0. The predicted octanol–water partition coefficient (Wildman–Crippen LogP) is 18.2. The van der Waals surface area contributed by atoms with Gasteiger partial charge in [0, 0.05) is 11.1 Å². The van der Waals surface area contributed by atoms with Crippen molar-refractivity contribution < 1.29 is 19.1 Å². The van der Waals surface area contributed by atoms with Gasteiger partial charge in [0.2, 0.25) is 0 Å². The van der Waals surface area contributed by atoms with E-state index < -0.39 is 11.9 Å². The van der Waals surface area contributed by atoms with Crippen molar-refractivity contribution in [2.24, 2.45) is 11.8 Å². The van der Waals surface area contributed by atoms with Gasteiger partial charge in [-0.2, -0.15) is 0 Å². The van der Waals surface area contributed by atoms with Gasteiger partial charge in [0.05, 0.1) is 11.1 Å². The number of carbonyl (C=O) groups is 2. The molecule has 3 aliphatic rings. The van der Waals surface area contributed by atoms with E-state index in [0.29, 0.717) is 40.0 Å². The van der Waals surface area contributed by atoms with Crippen molar-refractivity contribution in [2.45, 2.75) is 128 Å². The minimum Gasteiger partial charge on any atom is -0.422 e. The average Bonchev–Trinajstić information content (AvgIpc) is 3.42.